The molecule has 1 saturated carbocycles. The van der Waals surface area contributed by atoms with Crippen LogP contribution in [0, 0.1) is 13.8 Å². The van der Waals surface area contributed by atoms with Crippen molar-refractivity contribution in [2.24, 2.45) is 0 Å². The van der Waals surface area contributed by atoms with Crippen molar-refractivity contribution in [1.82, 2.24) is 4.72 Å². The Balaban J connectivity index is 1.91. The van der Waals surface area contributed by atoms with E-state index in [1.54, 1.807) is 6.07 Å². The Labute approximate surface area is 153 Å². The molecule has 0 heterocycles. The fraction of sp³-hybridized carbons (Fsp3) is 0.316. The first kappa shape index (κ1) is 18.4. The van der Waals surface area contributed by atoms with Crippen LogP contribution in [0.2, 0.25) is 0 Å². The van der Waals surface area contributed by atoms with E-state index in [4.69, 9.17) is 4.74 Å². The maximum Gasteiger partial charge on any atom is 0.255 e. The SMILES string of the molecule is COc1ccc(C(=O)Nc2cccc(C)c2C)cc1S(=O)(=O)NC1CC1. The molecule has 26 heavy (non-hydrogen) atoms. The normalized spacial score (nSPS) is 14.1. The first-order valence-corrected chi connectivity index (χ1v) is 9.88. The van der Waals surface area contributed by atoms with Crippen molar-refractivity contribution in [3.05, 3.63) is 53.1 Å². The summed E-state index contributed by atoms with van der Waals surface area (Å²) in [6, 6.07) is 10.0. The lowest BCUT2D eigenvalue weighted by molar-refractivity contribution is 0.102. The molecule has 2 aromatic carbocycles. The van der Waals surface area contributed by atoms with Crippen molar-refractivity contribution in [2.45, 2.75) is 37.6 Å². The standard InChI is InChI=1S/C19H22N2O4S/c1-12-5-4-6-16(13(12)2)20-19(22)14-7-10-17(25-3)18(11-14)26(23,24)21-15-8-9-15/h4-7,10-11,15,21H,8-9H2,1-3H3,(H,20,22). The van der Waals surface area contributed by atoms with Gasteiger partial charge >= 0.3 is 0 Å². The number of aryl methyl sites for hydroxylation is 1. The number of rotatable bonds is 6. The summed E-state index contributed by atoms with van der Waals surface area (Å²) in [7, 11) is -2.33. The lowest BCUT2D eigenvalue weighted by Gasteiger charge is -2.13. The van der Waals surface area contributed by atoms with Crippen LogP contribution < -0.4 is 14.8 Å². The van der Waals surface area contributed by atoms with Gasteiger partial charge in [-0.25, -0.2) is 13.1 Å². The quantitative estimate of drug-likeness (QED) is 0.814. The lowest BCUT2D eigenvalue weighted by atomic mass is 10.1. The van der Waals surface area contributed by atoms with E-state index < -0.39 is 10.0 Å². The number of ether oxygens (including phenoxy) is 1. The molecule has 6 nitrogen and oxygen atoms in total. The van der Waals surface area contributed by atoms with Crippen LogP contribution in [0.4, 0.5) is 5.69 Å². The molecule has 138 valence electrons. The third-order valence-corrected chi connectivity index (χ3v) is 6.01. The molecule has 1 aliphatic rings. The monoisotopic (exact) mass is 374 g/mol. The fourth-order valence-electron chi connectivity index (χ4n) is 2.59. The van der Waals surface area contributed by atoms with Gasteiger partial charge in [-0.05, 0) is 62.1 Å². The minimum absolute atomic E-state index is 0.0273. The highest BCUT2D eigenvalue weighted by Gasteiger charge is 2.30. The van der Waals surface area contributed by atoms with E-state index in [1.807, 2.05) is 32.0 Å². The van der Waals surface area contributed by atoms with Gasteiger partial charge in [-0.3, -0.25) is 4.79 Å². The molecule has 0 saturated heterocycles. The molecule has 2 N–H and O–H groups in total. The molecule has 0 aromatic heterocycles. The Morgan fingerprint density at radius 1 is 1.15 bits per heavy atom. The molecule has 1 aliphatic carbocycles. The Bertz CT molecular complexity index is 950. The van der Waals surface area contributed by atoms with Crippen LogP contribution in [0.25, 0.3) is 0 Å². The van der Waals surface area contributed by atoms with Gasteiger partial charge in [0.15, 0.2) is 0 Å². The minimum atomic E-state index is -3.74. The van der Waals surface area contributed by atoms with E-state index >= 15 is 0 Å². The average Bonchev–Trinajstić information content (AvgIpc) is 3.41. The average molecular weight is 374 g/mol. The second-order valence-electron chi connectivity index (χ2n) is 6.46. The van der Waals surface area contributed by atoms with Gasteiger partial charge in [0, 0.05) is 17.3 Å². The third kappa shape index (κ3) is 3.89. The Morgan fingerprint density at radius 3 is 2.54 bits per heavy atom. The van der Waals surface area contributed by atoms with E-state index in [9.17, 15) is 13.2 Å². The first-order valence-electron chi connectivity index (χ1n) is 8.40. The largest absolute Gasteiger partial charge is 0.495 e. The van der Waals surface area contributed by atoms with E-state index in [0.29, 0.717) is 5.69 Å². The van der Waals surface area contributed by atoms with Gasteiger partial charge in [0.25, 0.3) is 5.91 Å². The summed E-state index contributed by atoms with van der Waals surface area (Å²) in [5.74, 6) is -0.161. The number of amides is 1. The summed E-state index contributed by atoms with van der Waals surface area (Å²) in [6.07, 6.45) is 1.66. The molecule has 2 aromatic rings. The molecule has 7 heteroatoms. The molecular formula is C19H22N2O4S. The second kappa shape index (κ2) is 7.09. The lowest BCUT2D eigenvalue weighted by Crippen LogP contribution is -2.26. The molecule has 0 aliphatic heterocycles. The van der Waals surface area contributed by atoms with Crippen LogP contribution in [-0.4, -0.2) is 27.5 Å². The van der Waals surface area contributed by atoms with Gasteiger partial charge in [-0.2, -0.15) is 0 Å². The molecule has 3 rings (SSSR count). The number of carbonyl (C=O) groups is 1. The van der Waals surface area contributed by atoms with E-state index in [2.05, 4.69) is 10.0 Å². The number of methoxy groups -OCH3 is 1. The number of nitrogens with one attached hydrogen (secondary N) is 2. The molecule has 0 unspecified atom stereocenters. The minimum Gasteiger partial charge on any atom is -0.495 e. The Hall–Kier alpha value is -2.38. The fourth-order valence-corrected chi connectivity index (χ4v) is 4.09. The maximum absolute atomic E-state index is 12.6. The summed E-state index contributed by atoms with van der Waals surface area (Å²) in [4.78, 5) is 12.6. The van der Waals surface area contributed by atoms with Crippen LogP contribution in [0.3, 0.4) is 0 Å². The van der Waals surface area contributed by atoms with Crippen LogP contribution in [0.15, 0.2) is 41.3 Å². The van der Waals surface area contributed by atoms with Crippen LogP contribution in [0.5, 0.6) is 5.75 Å². The second-order valence-corrected chi connectivity index (χ2v) is 8.15. The van der Waals surface area contributed by atoms with Crippen molar-refractivity contribution >= 4 is 21.6 Å². The molecule has 0 radical (unpaired) electrons. The van der Waals surface area contributed by atoms with E-state index in [0.717, 1.165) is 24.0 Å². The molecule has 1 amide bonds. The number of sulfonamides is 1. The highest BCUT2D eigenvalue weighted by molar-refractivity contribution is 7.89. The smallest absolute Gasteiger partial charge is 0.255 e. The van der Waals surface area contributed by atoms with Gasteiger partial charge in [0.1, 0.15) is 10.6 Å². The zero-order valence-electron chi connectivity index (χ0n) is 15.0. The Morgan fingerprint density at radius 2 is 1.88 bits per heavy atom. The zero-order chi connectivity index (χ0) is 18.9. The van der Waals surface area contributed by atoms with Crippen molar-refractivity contribution in [1.29, 1.82) is 0 Å². The number of anilines is 1. The van der Waals surface area contributed by atoms with Gasteiger partial charge in [0.2, 0.25) is 10.0 Å². The zero-order valence-corrected chi connectivity index (χ0v) is 15.8. The highest BCUT2D eigenvalue weighted by atomic mass is 32.2. The molecule has 0 atom stereocenters. The van der Waals surface area contributed by atoms with Gasteiger partial charge in [-0.15, -0.1) is 0 Å². The van der Waals surface area contributed by atoms with Crippen LogP contribution >= 0.6 is 0 Å². The van der Waals surface area contributed by atoms with Gasteiger partial charge in [0.05, 0.1) is 7.11 Å². The number of hydrogen-bond donors (Lipinski definition) is 2. The molecule has 1 fully saturated rings. The van der Waals surface area contributed by atoms with Crippen molar-refractivity contribution < 1.29 is 17.9 Å². The summed E-state index contributed by atoms with van der Waals surface area (Å²) < 4.78 is 32.9. The number of hydrogen-bond acceptors (Lipinski definition) is 4. The van der Waals surface area contributed by atoms with Crippen molar-refractivity contribution in [2.75, 3.05) is 12.4 Å². The Kier molecular flexibility index (Phi) is 5.02. The predicted octanol–water partition coefficient (Wildman–Crippen LogP) is 3.01. The van der Waals surface area contributed by atoms with E-state index in [1.165, 1.54) is 19.2 Å². The maximum atomic E-state index is 12.6. The first-order chi connectivity index (χ1) is 12.3. The summed E-state index contributed by atoms with van der Waals surface area (Å²) in [5.41, 5.74) is 2.99. The van der Waals surface area contributed by atoms with Crippen molar-refractivity contribution in [3.63, 3.8) is 0 Å². The third-order valence-electron chi connectivity index (χ3n) is 4.47. The van der Waals surface area contributed by atoms with Crippen LogP contribution in [-0.2, 0) is 10.0 Å². The highest BCUT2D eigenvalue weighted by Crippen LogP contribution is 2.29. The number of benzene rings is 2. The molecule has 0 spiro atoms. The predicted molar refractivity (Wildman–Crippen MR) is 100 cm³/mol. The van der Waals surface area contributed by atoms with E-state index in [-0.39, 0.29) is 28.2 Å². The van der Waals surface area contributed by atoms with Gasteiger partial charge in [-0.1, -0.05) is 12.1 Å². The van der Waals surface area contributed by atoms with Gasteiger partial charge < -0.3 is 10.1 Å². The number of carbonyl (C=O) groups excluding carboxylic acids is 1. The van der Waals surface area contributed by atoms with Crippen LogP contribution in [0.1, 0.15) is 34.3 Å². The van der Waals surface area contributed by atoms with Crippen molar-refractivity contribution in [3.8, 4) is 5.75 Å². The molecule has 0 bridgehead atoms. The summed E-state index contributed by atoms with van der Waals surface area (Å²) >= 11 is 0. The molecular weight excluding hydrogens is 352 g/mol. The summed E-state index contributed by atoms with van der Waals surface area (Å²) in [6.45, 7) is 3.89. The summed E-state index contributed by atoms with van der Waals surface area (Å²) in [5, 5.41) is 2.84. The topological polar surface area (TPSA) is 84.5 Å².